The van der Waals surface area contributed by atoms with Gasteiger partial charge >= 0.3 is 103 Å². The fourth-order valence-corrected chi connectivity index (χ4v) is 0. The molecule has 0 aromatic rings. The van der Waals surface area contributed by atoms with Crippen molar-refractivity contribution >= 4 is 103 Å². The van der Waals surface area contributed by atoms with Crippen molar-refractivity contribution in [1.82, 2.24) is 0 Å². The summed E-state index contributed by atoms with van der Waals surface area (Å²) >= 11 is 0. The van der Waals surface area contributed by atoms with Crippen LogP contribution in [0.2, 0.25) is 0 Å². The first-order valence-corrected chi connectivity index (χ1v) is 0. The number of rotatable bonds is 0. The maximum atomic E-state index is 0. The first-order valence-electron chi connectivity index (χ1n) is 0. The summed E-state index contributed by atoms with van der Waals surface area (Å²) in [7, 11) is 0. The summed E-state index contributed by atoms with van der Waals surface area (Å²) in [6.45, 7) is 0. The fraction of sp³-hybridized carbons (Fsp3) is 0. The van der Waals surface area contributed by atoms with Crippen molar-refractivity contribution in [1.29, 1.82) is 0 Å². The van der Waals surface area contributed by atoms with E-state index < -0.39 is 0 Å². The van der Waals surface area contributed by atoms with Gasteiger partial charge in [-0.1, -0.05) is 0 Å². The van der Waals surface area contributed by atoms with Gasteiger partial charge in [-0.3, -0.25) is 0 Å². The van der Waals surface area contributed by atoms with Crippen molar-refractivity contribution in [3.8, 4) is 0 Å². The van der Waals surface area contributed by atoms with Crippen LogP contribution in [0.5, 0.6) is 0 Å². The van der Waals surface area contributed by atoms with Crippen LogP contribution in [0.15, 0.2) is 0 Å². The number of hydrogen-bond donors (Lipinski definition) is 0. The Morgan fingerprint density at radius 3 is 0.286 bits per heavy atom. The third kappa shape index (κ3) is 48.1. The molecule has 7 heteroatoms. The molecule has 0 aliphatic heterocycles. The fourth-order valence-electron chi connectivity index (χ4n) is 0. The average Bonchev–Trinajstić information content (AvgIpc) is 0. The Labute approximate surface area is 127 Å². The summed E-state index contributed by atoms with van der Waals surface area (Å²) < 4.78 is 0. The van der Waals surface area contributed by atoms with Gasteiger partial charge in [0.05, 0.1) is 0 Å². The van der Waals surface area contributed by atoms with Crippen molar-refractivity contribution in [3.05, 3.63) is 0 Å². The standard InChI is InChI=1S/2K.5H2O.2H/h;;5*1H2;;. The summed E-state index contributed by atoms with van der Waals surface area (Å²) in [6, 6.07) is 0. The molecule has 0 bridgehead atoms. The van der Waals surface area contributed by atoms with E-state index >= 15 is 0 Å². The Morgan fingerprint density at radius 2 is 0.286 bits per heavy atom. The molecule has 0 aromatic heterocycles. The van der Waals surface area contributed by atoms with Crippen LogP contribution in [-0.2, 0) is 0 Å². The van der Waals surface area contributed by atoms with E-state index in [2.05, 4.69) is 0 Å². The van der Waals surface area contributed by atoms with Crippen molar-refractivity contribution < 1.29 is 27.4 Å². The van der Waals surface area contributed by atoms with Gasteiger partial charge in [-0.2, -0.15) is 0 Å². The molecule has 0 spiro atoms. The monoisotopic (exact) mass is 170 g/mol. The molecule has 0 aliphatic rings. The van der Waals surface area contributed by atoms with Crippen LogP contribution >= 0.6 is 0 Å². The van der Waals surface area contributed by atoms with Crippen molar-refractivity contribution in [2.45, 2.75) is 0 Å². The van der Waals surface area contributed by atoms with Gasteiger partial charge in [-0.05, 0) is 0 Å². The van der Waals surface area contributed by atoms with E-state index in [9.17, 15) is 0 Å². The SMILES string of the molecule is O.O.O.O.O.[KH].[KH]. The zero-order chi connectivity index (χ0) is 0. The molecule has 44 valence electrons. The van der Waals surface area contributed by atoms with E-state index in [0.717, 1.165) is 0 Å². The van der Waals surface area contributed by atoms with Crippen LogP contribution in [-0.4, -0.2) is 130 Å². The Bertz CT molecular complexity index is 6.04. The van der Waals surface area contributed by atoms with E-state index in [0.29, 0.717) is 0 Å². The summed E-state index contributed by atoms with van der Waals surface area (Å²) in [6.07, 6.45) is 0. The Hall–Kier alpha value is 3.07. The second kappa shape index (κ2) is 62.6. The molecular weight excluding hydrogens is 158 g/mol. The van der Waals surface area contributed by atoms with Crippen molar-refractivity contribution in [2.75, 3.05) is 0 Å². The van der Waals surface area contributed by atoms with E-state index in [1.165, 1.54) is 0 Å². The molecule has 7 heavy (non-hydrogen) atoms. The van der Waals surface area contributed by atoms with Gasteiger partial charge in [-0.25, -0.2) is 0 Å². The minimum atomic E-state index is 0. The molecular formula is H12K2O5. The quantitative estimate of drug-likeness (QED) is 0.318. The molecule has 0 saturated heterocycles. The van der Waals surface area contributed by atoms with E-state index in [-0.39, 0.29) is 130 Å². The van der Waals surface area contributed by atoms with E-state index in [4.69, 9.17) is 0 Å². The van der Waals surface area contributed by atoms with Gasteiger partial charge in [0.15, 0.2) is 0 Å². The normalized spacial score (nSPS) is 0. The van der Waals surface area contributed by atoms with Crippen LogP contribution < -0.4 is 0 Å². The molecule has 5 nitrogen and oxygen atoms in total. The van der Waals surface area contributed by atoms with Crippen LogP contribution in [0.4, 0.5) is 0 Å². The van der Waals surface area contributed by atoms with Crippen molar-refractivity contribution in [2.24, 2.45) is 0 Å². The van der Waals surface area contributed by atoms with Gasteiger partial charge in [0.1, 0.15) is 0 Å². The van der Waals surface area contributed by atoms with Gasteiger partial charge in [0, 0.05) is 0 Å². The summed E-state index contributed by atoms with van der Waals surface area (Å²) in [4.78, 5) is 0. The number of hydrogen-bond acceptors (Lipinski definition) is 0. The van der Waals surface area contributed by atoms with Gasteiger partial charge in [-0.15, -0.1) is 0 Å². The third-order valence-corrected chi connectivity index (χ3v) is 0. The first kappa shape index (κ1) is 87.8. The Balaban J connectivity index is 0. The topological polar surface area (TPSA) is 158 Å². The predicted molar refractivity (Wildman–Crippen MR) is 32.4 cm³/mol. The molecule has 0 aromatic carbocycles. The molecule has 10 N–H and O–H groups in total. The molecule has 0 rings (SSSR count). The van der Waals surface area contributed by atoms with Gasteiger partial charge in [0.2, 0.25) is 0 Å². The maximum absolute atomic E-state index is 0. The molecule has 0 radical (unpaired) electrons. The predicted octanol–water partition coefficient (Wildman–Crippen LogP) is -5.42. The Morgan fingerprint density at radius 1 is 0.286 bits per heavy atom. The van der Waals surface area contributed by atoms with Crippen molar-refractivity contribution in [3.63, 3.8) is 0 Å². The van der Waals surface area contributed by atoms with Crippen LogP contribution in [0.25, 0.3) is 0 Å². The van der Waals surface area contributed by atoms with Gasteiger partial charge < -0.3 is 27.4 Å². The second-order valence-electron chi connectivity index (χ2n) is 0. The van der Waals surface area contributed by atoms with Crippen LogP contribution in [0, 0.1) is 0 Å². The molecule has 0 aliphatic carbocycles. The average molecular weight is 170 g/mol. The second-order valence-corrected chi connectivity index (χ2v) is 0. The van der Waals surface area contributed by atoms with Crippen LogP contribution in [0.1, 0.15) is 0 Å². The third-order valence-electron chi connectivity index (χ3n) is 0. The van der Waals surface area contributed by atoms with Crippen LogP contribution in [0.3, 0.4) is 0 Å². The zero-order valence-electron chi connectivity index (χ0n) is 2.50. The zero-order valence-corrected chi connectivity index (χ0v) is 2.50. The summed E-state index contributed by atoms with van der Waals surface area (Å²) in [5, 5.41) is 0. The molecule has 0 atom stereocenters. The minimum absolute atomic E-state index is 0. The van der Waals surface area contributed by atoms with Gasteiger partial charge in [0.25, 0.3) is 0 Å². The Kier molecular flexibility index (Phi) is 786. The van der Waals surface area contributed by atoms with E-state index in [1.54, 1.807) is 0 Å². The molecule has 0 heterocycles. The summed E-state index contributed by atoms with van der Waals surface area (Å²) in [5.74, 6) is 0. The first-order chi connectivity index (χ1) is 0. The van der Waals surface area contributed by atoms with E-state index in [1.807, 2.05) is 0 Å². The molecule has 0 unspecified atom stereocenters. The molecule has 0 fully saturated rings. The summed E-state index contributed by atoms with van der Waals surface area (Å²) in [5.41, 5.74) is 0. The molecule has 0 amide bonds. The molecule has 0 saturated carbocycles.